The fraction of sp³-hybridized carbons (Fsp3) is 0.0750. The van der Waals surface area contributed by atoms with Gasteiger partial charge in [-0.3, -0.25) is 0 Å². The molecule has 16 aromatic rings. The summed E-state index contributed by atoms with van der Waals surface area (Å²) in [6.07, 6.45) is 2.03. The zero-order valence-electron chi connectivity index (χ0n) is 47.6. The molecule has 0 saturated heterocycles. The van der Waals surface area contributed by atoms with Crippen molar-refractivity contribution in [3.63, 3.8) is 0 Å². The van der Waals surface area contributed by atoms with Crippen molar-refractivity contribution in [3.05, 3.63) is 278 Å². The second kappa shape index (κ2) is 24.0. The summed E-state index contributed by atoms with van der Waals surface area (Å²) >= 11 is 1.74. The molecule has 0 saturated carbocycles. The Kier molecular flexibility index (Phi) is 16.1. The first-order chi connectivity index (χ1) is 40.3. The van der Waals surface area contributed by atoms with Gasteiger partial charge in [-0.25, -0.2) is 0 Å². The molecule has 0 atom stereocenters. The van der Waals surface area contributed by atoms with Crippen LogP contribution in [0.5, 0.6) is 0 Å². The third-order valence-corrected chi connectivity index (χ3v) is 16.9. The van der Waals surface area contributed by atoms with E-state index in [1.165, 1.54) is 163 Å². The minimum atomic E-state index is 0. The van der Waals surface area contributed by atoms with Gasteiger partial charge < -0.3 is 24.8 Å². The third kappa shape index (κ3) is 10.1. The van der Waals surface area contributed by atoms with E-state index in [1.54, 1.807) is 23.3 Å². The summed E-state index contributed by atoms with van der Waals surface area (Å²) in [5.74, 6) is 0. The summed E-state index contributed by atoms with van der Waals surface area (Å²) in [6, 6.07) is 99.1. The van der Waals surface area contributed by atoms with Crippen LogP contribution < -0.4 is 24.8 Å². The summed E-state index contributed by atoms with van der Waals surface area (Å²) in [4.78, 5) is 0. The van der Waals surface area contributed by atoms with Crippen LogP contribution in [0.15, 0.2) is 267 Å². The first-order valence-corrected chi connectivity index (χ1v) is 35.1. The molecule has 0 N–H and O–H groups in total. The molecule has 0 nitrogen and oxygen atoms in total. The van der Waals surface area contributed by atoms with Gasteiger partial charge >= 0.3 is 41.9 Å². The van der Waals surface area contributed by atoms with Gasteiger partial charge in [0.15, 0.2) is 0 Å². The van der Waals surface area contributed by atoms with Crippen LogP contribution in [0.3, 0.4) is 0 Å². The second-order valence-electron chi connectivity index (χ2n) is 22.2. The molecule has 0 aliphatic heterocycles. The van der Waals surface area contributed by atoms with E-state index in [-0.39, 0.29) is 30.2 Å². The normalized spacial score (nSPS) is 11.3. The van der Waals surface area contributed by atoms with Crippen molar-refractivity contribution < 1.29 is 48.1 Å². The molecular weight excluding hydrogens is 1150 g/mol. The van der Waals surface area contributed by atoms with Gasteiger partial charge in [0, 0.05) is 0 Å². The average Bonchev–Trinajstić information content (AvgIpc) is 2.52. The van der Waals surface area contributed by atoms with E-state index in [0.717, 1.165) is 12.8 Å². The van der Waals surface area contributed by atoms with Crippen LogP contribution in [0.1, 0.15) is 25.0 Å². The van der Waals surface area contributed by atoms with Crippen molar-refractivity contribution in [3.8, 4) is 44.5 Å². The van der Waals surface area contributed by atoms with Gasteiger partial charge in [0.25, 0.3) is 0 Å². The van der Waals surface area contributed by atoms with Crippen molar-refractivity contribution in [2.24, 2.45) is 0 Å². The Morgan fingerprint density at radius 3 is 0.679 bits per heavy atom. The molecule has 0 unspecified atom stereocenters. The molecule has 0 aliphatic carbocycles. The fourth-order valence-electron chi connectivity index (χ4n) is 13.2. The fourth-order valence-corrected chi connectivity index (χ4v) is 13.2. The minimum Gasteiger partial charge on any atom is -1.00 e. The van der Waals surface area contributed by atoms with Gasteiger partial charge in [0.1, 0.15) is 0 Å². The first-order valence-electron chi connectivity index (χ1n) is 28.9. The summed E-state index contributed by atoms with van der Waals surface area (Å²) in [5, 5.41) is 26.1. The largest absolute Gasteiger partial charge is 1.00 e. The van der Waals surface area contributed by atoms with Crippen LogP contribution in [-0.2, 0) is 36.2 Å². The van der Waals surface area contributed by atoms with Gasteiger partial charge in [0.2, 0.25) is 0 Å². The first kappa shape index (κ1) is 56.5. The summed E-state index contributed by atoms with van der Waals surface area (Å²) in [7, 11) is 0. The number of benzene rings is 14. The van der Waals surface area contributed by atoms with Crippen LogP contribution in [0.25, 0.3) is 152 Å². The Morgan fingerprint density at radius 2 is 0.464 bits per heavy atom. The van der Waals surface area contributed by atoms with E-state index in [0.29, 0.717) is 0 Å². The molecule has 16 rings (SSSR count). The predicted molar refractivity (Wildman–Crippen MR) is 357 cm³/mol. The molecule has 84 heavy (non-hydrogen) atoms. The molecule has 4 heteroatoms. The number of hydrogen-bond donors (Lipinski definition) is 0. The van der Waals surface area contributed by atoms with Crippen molar-refractivity contribution in [2.45, 2.75) is 39.8 Å². The molecule has 0 bridgehead atoms. The van der Waals surface area contributed by atoms with E-state index in [9.17, 15) is 0 Å². The molecule has 0 aliphatic rings. The molecule has 0 spiro atoms. The van der Waals surface area contributed by atoms with Gasteiger partial charge in [-0.1, -0.05) is 254 Å². The predicted octanol–water partition coefficient (Wildman–Crippen LogP) is 16.9. The maximum atomic E-state index is 2.43. The topological polar surface area (TPSA) is 0 Å². The number of hydrogen-bond acceptors (Lipinski definition) is 0. The van der Waals surface area contributed by atoms with Gasteiger partial charge in [-0.15, -0.1) is 44.8 Å². The Balaban J connectivity index is 0.000000152. The Labute approximate surface area is 519 Å². The molecule has 404 valence electrons. The average molecular weight is 1210 g/mol. The van der Waals surface area contributed by atoms with Crippen molar-refractivity contribution in [1.29, 1.82) is 0 Å². The molecule has 0 heterocycles. The van der Waals surface area contributed by atoms with Crippen LogP contribution in [-0.4, -0.2) is 5.43 Å². The van der Waals surface area contributed by atoms with Gasteiger partial charge in [-0.05, 0) is 146 Å². The number of rotatable bonds is 6. The quantitative estimate of drug-likeness (QED) is 0.0884. The van der Waals surface area contributed by atoms with E-state index in [2.05, 4.69) is 294 Å². The summed E-state index contributed by atoms with van der Waals surface area (Å²) in [6.45, 7) is 9.13. The molecule has 16 aromatic carbocycles. The molecular formula is C80H60Cl2SiZr-2. The minimum absolute atomic E-state index is 0. The number of aryl methyl sites for hydroxylation is 2. The number of fused-ring (bicyclic) bond motifs is 10. The van der Waals surface area contributed by atoms with Gasteiger partial charge in [0.05, 0.1) is 0 Å². The standard InChI is InChI=1S/2C39H27.C2H6Si.2ClH.Zr/c2*1-2-25-21-36-34(38-30-15-7-3-11-26(30)23-27-12-4-8-16-31(27)38)19-20-35(37(36)22-25)39-32-17-9-5-13-28(32)24-29-14-6-10-18-33(29)39;1-3-2;;;/h2*3-24H,2H2,1H3;1-2H3;2*1H;/q2*-1;;;;+2/p-2. The Hall–Kier alpha value is -7.94. The maximum Gasteiger partial charge on any atom is -1.00 e. The van der Waals surface area contributed by atoms with Gasteiger partial charge in [-0.2, -0.15) is 12.1 Å². The Morgan fingerprint density at radius 1 is 0.274 bits per heavy atom. The maximum absolute atomic E-state index is 2.43. The van der Waals surface area contributed by atoms with Crippen LogP contribution in [0.2, 0.25) is 13.1 Å². The van der Waals surface area contributed by atoms with E-state index >= 15 is 0 Å². The van der Waals surface area contributed by atoms with Crippen molar-refractivity contribution in [1.82, 2.24) is 0 Å². The van der Waals surface area contributed by atoms with Crippen molar-refractivity contribution in [2.75, 3.05) is 0 Å². The van der Waals surface area contributed by atoms with E-state index < -0.39 is 0 Å². The smallest absolute Gasteiger partial charge is 1.00 e. The zero-order chi connectivity index (χ0) is 55.4. The molecule has 0 amide bonds. The molecule has 0 fully saturated rings. The molecule has 0 radical (unpaired) electrons. The van der Waals surface area contributed by atoms with Crippen LogP contribution >= 0.6 is 0 Å². The van der Waals surface area contributed by atoms with Crippen LogP contribution in [0.4, 0.5) is 0 Å². The van der Waals surface area contributed by atoms with E-state index in [4.69, 9.17) is 0 Å². The summed E-state index contributed by atoms with van der Waals surface area (Å²) in [5.41, 5.74) is 13.5. The number of halogens is 2. The zero-order valence-corrected chi connectivity index (χ0v) is 52.5. The molecule has 0 aromatic heterocycles. The van der Waals surface area contributed by atoms with Crippen LogP contribution in [0, 0.1) is 0 Å². The summed E-state index contributed by atoms with van der Waals surface area (Å²) < 4.78 is 0. The SMILES string of the molecule is CCc1cc2c(-c3c4ccccc4cc4ccccc34)ccc(-c3c4ccccc4cc4ccccc34)c2[cH-]1.CCc1cc2c(-c3c4ccccc4cc4ccccc34)ccc(-c3c4ccccc4cc4ccccc34)c2[cH-]1.C[Si](C)=[Zr+2].[Cl-].[Cl-]. The third-order valence-electron chi connectivity index (χ3n) is 16.9. The van der Waals surface area contributed by atoms with Crippen molar-refractivity contribution >= 4 is 113 Å². The monoisotopic (exact) mass is 1210 g/mol. The van der Waals surface area contributed by atoms with E-state index in [1.807, 2.05) is 0 Å². The Bertz CT molecular complexity index is 4340. The second-order valence-corrected chi connectivity index (χ2v) is 31.6.